The van der Waals surface area contributed by atoms with E-state index >= 15 is 0 Å². The fourth-order valence-corrected chi connectivity index (χ4v) is 4.67. The number of amides is 3. The van der Waals surface area contributed by atoms with E-state index in [1.165, 1.54) is 0 Å². The number of imide groups is 1. The van der Waals surface area contributed by atoms with E-state index in [1.807, 2.05) is 12.2 Å². The molecule has 1 N–H and O–H groups in total. The van der Waals surface area contributed by atoms with E-state index < -0.39 is 11.9 Å². The van der Waals surface area contributed by atoms with Crippen LogP contribution >= 0.6 is 27.5 Å². The molecule has 7 heteroatoms. The molecule has 5 unspecified atom stereocenters. The second kappa shape index (κ2) is 5.95. The number of rotatable bonds is 3. The summed E-state index contributed by atoms with van der Waals surface area (Å²) in [5.74, 6) is -1.15. The van der Waals surface area contributed by atoms with Gasteiger partial charge in [0.25, 0.3) is 0 Å². The van der Waals surface area contributed by atoms with Crippen molar-refractivity contribution in [3.05, 3.63) is 39.8 Å². The summed E-state index contributed by atoms with van der Waals surface area (Å²) in [4.78, 5) is 39.2. The number of fused-ring (bicyclic) bond motifs is 5. The highest BCUT2D eigenvalue weighted by Gasteiger charge is 2.60. The van der Waals surface area contributed by atoms with E-state index in [4.69, 9.17) is 11.6 Å². The van der Waals surface area contributed by atoms with Crippen LogP contribution in [0.3, 0.4) is 0 Å². The molecule has 4 rings (SSSR count). The monoisotopic (exact) mass is 422 g/mol. The number of allylic oxidation sites excluding steroid dienone is 2. The maximum absolute atomic E-state index is 12.7. The van der Waals surface area contributed by atoms with Crippen LogP contribution in [0.15, 0.2) is 34.8 Å². The van der Waals surface area contributed by atoms with E-state index in [2.05, 4.69) is 21.2 Å². The summed E-state index contributed by atoms with van der Waals surface area (Å²) in [6, 6.07) is 4.19. The summed E-state index contributed by atoms with van der Waals surface area (Å²) in [6.45, 7) is 1.59. The number of likely N-dealkylation sites (tertiary alicyclic amines) is 1. The molecule has 2 bridgehead atoms. The minimum atomic E-state index is -0.854. The highest BCUT2D eigenvalue weighted by Crippen LogP contribution is 2.52. The molecule has 1 heterocycles. The molecule has 3 amide bonds. The van der Waals surface area contributed by atoms with Crippen molar-refractivity contribution in [3.63, 3.8) is 0 Å². The zero-order valence-corrected chi connectivity index (χ0v) is 15.8. The van der Waals surface area contributed by atoms with Crippen LogP contribution in [0.4, 0.5) is 5.69 Å². The van der Waals surface area contributed by atoms with Gasteiger partial charge in [-0.2, -0.15) is 0 Å². The van der Waals surface area contributed by atoms with Crippen molar-refractivity contribution in [1.82, 2.24) is 4.90 Å². The average molecular weight is 424 g/mol. The van der Waals surface area contributed by atoms with Crippen LogP contribution < -0.4 is 5.32 Å². The largest absolute Gasteiger partial charge is 0.324 e. The molecule has 1 aliphatic heterocycles. The van der Waals surface area contributed by atoms with Crippen molar-refractivity contribution >= 4 is 50.9 Å². The van der Waals surface area contributed by atoms with Gasteiger partial charge in [-0.3, -0.25) is 19.3 Å². The molecule has 130 valence electrons. The molecule has 2 fully saturated rings. The predicted octanol–water partition coefficient (Wildman–Crippen LogP) is 3.24. The number of nitrogens with zero attached hydrogens (tertiary/aromatic N) is 1. The number of carbonyl (C=O) groups excluding carboxylic acids is 3. The second-order valence-corrected chi connectivity index (χ2v) is 8.10. The minimum Gasteiger partial charge on any atom is -0.324 e. The highest BCUT2D eigenvalue weighted by molar-refractivity contribution is 9.10. The molecule has 1 aromatic carbocycles. The molecule has 1 saturated carbocycles. The van der Waals surface area contributed by atoms with Crippen molar-refractivity contribution in [2.24, 2.45) is 23.7 Å². The Morgan fingerprint density at radius 1 is 1.24 bits per heavy atom. The van der Waals surface area contributed by atoms with E-state index in [-0.39, 0.29) is 35.5 Å². The molecule has 5 atom stereocenters. The maximum atomic E-state index is 12.7. The number of carbonyl (C=O) groups is 3. The number of halogens is 2. The lowest BCUT2D eigenvalue weighted by molar-refractivity contribution is -0.146. The van der Waals surface area contributed by atoms with Crippen LogP contribution in [0.25, 0.3) is 0 Å². The van der Waals surface area contributed by atoms with Gasteiger partial charge < -0.3 is 5.32 Å². The van der Waals surface area contributed by atoms with Crippen molar-refractivity contribution < 1.29 is 14.4 Å². The molecule has 0 spiro atoms. The predicted molar refractivity (Wildman–Crippen MR) is 96.8 cm³/mol. The Balaban J connectivity index is 1.52. The number of nitrogens with one attached hydrogen (secondary N) is 1. The third-order valence-corrected chi connectivity index (χ3v) is 6.69. The van der Waals surface area contributed by atoms with E-state index in [0.29, 0.717) is 10.7 Å². The van der Waals surface area contributed by atoms with Gasteiger partial charge >= 0.3 is 0 Å². The Morgan fingerprint density at radius 3 is 2.40 bits per heavy atom. The minimum absolute atomic E-state index is 0.136. The second-order valence-electron chi connectivity index (χ2n) is 6.84. The van der Waals surface area contributed by atoms with Crippen LogP contribution in [0.2, 0.25) is 5.02 Å². The summed E-state index contributed by atoms with van der Waals surface area (Å²) in [6.07, 6.45) is 4.95. The van der Waals surface area contributed by atoms with Gasteiger partial charge in [0.05, 0.1) is 16.9 Å². The molecule has 0 radical (unpaired) electrons. The molecule has 1 saturated heterocycles. The van der Waals surface area contributed by atoms with Crippen molar-refractivity contribution in [1.29, 1.82) is 0 Å². The van der Waals surface area contributed by atoms with Crippen molar-refractivity contribution in [2.45, 2.75) is 19.4 Å². The van der Waals surface area contributed by atoms with Crippen LogP contribution in [-0.4, -0.2) is 28.7 Å². The van der Waals surface area contributed by atoms with Crippen molar-refractivity contribution in [2.75, 3.05) is 5.32 Å². The summed E-state index contributed by atoms with van der Waals surface area (Å²) in [5.41, 5.74) is 0.520. The molecular formula is C18H16BrClN2O3. The average Bonchev–Trinajstić information content (AvgIpc) is 3.24. The Kier molecular flexibility index (Phi) is 4.00. The molecule has 0 aromatic heterocycles. The van der Waals surface area contributed by atoms with Gasteiger partial charge in [0.2, 0.25) is 17.7 Å². The Hall–Kier alpha value is -1.66. The van der Waals surface area contributed by atoms with Gasteiger partial charge in [-0.05, 0) is 59.3 Å². The van der Waals surface area contributed by atoms with E-state index in [9.17, 15) is 14.4 Å². The lowest BCUT2D eigenvalue weighted by Crippen LogP contribution is -2.46. The summed E-state index contributed by atoms with van der Waals surface area (Å²) < 4.78 is 0.723. The quantitative estimate of drug-likeness (QED) is 0.599. The first kappa shape index (κ1) is 16.8. The van der Waals surface area contributed by atoms with Crippen LogP contribution in [0.5, 0.6) is 0 Å². The zero-order chi connectivity index (χ0) is 17.9. The summed E-state index contributed by atoms with van der Waals surface area (Å²) in [5, 5.41) is 3.19. The summed E-state index contributed by atoms with van der Waals surface area (Å²) in [7, 11) is 0. The number of benzene rings is 1. The first-order valence-corrected chi connectivity index (χ1v) is 9.36. The topological polar surface area (TPSA) is 66.5 Å². The van der Waals surface area contributed by atoms with Gasteiger partial charge in [-0.1, -0.05) is 23.8 Å². The Labute approximate surface area is 158 Å². The molecular weight excluding hydrogens is 408 g/mol. The molecule has 2 aliphatic carbocycles. The SMILES string of the molecule is CC(C(=O)Nc1ccc(Br)c(Cl)c1)N1C(=O)C2C3C=CC(C3)C2C1=O. The first-order chi connectivity index (χ1) is 11.9. The van der Waals surface area contributed by atoms with E-state index in [0.717, 1.165) is 15.8 Å². The smallest absolute Gasteiger partial charge is 0.247 e. The van der Waals surface area contributed by atoms with Gasteiger partial charge in [0.15, 0.2) is 0 Å². The first-order valence-electron chi connectivity index (χ1n) is 8.19. The lowest BCUT2D eigenvalue weighted by atomic mass is 9.85. The van der Waals surface area contributed by atoms with Gasteiger partial charge in [0, 0.05) is 10.2 Å². The summed E-state index contributed by atoms with van der Waals surface area (Å²) >= 11 is 9.32. The fraction of sp³-hybridized carbons (Fsp3) is 0.389. The molecule has 1 aromatic rings. The fourth-order valence-electron chi connectivity index (χ4n) is 4.24. The molecule has 5 nitrogen and oxygen atoms in total. The third-order valence-electron chi connectivity index (χ3n) is 5.46. The number of anilines is 1. The molecule has 3 aliphatic rings. The highest BCUT2D eigenvalue weighted by atomic mass is 79.9. The normalized spacial score (nSPS) is 30.8. The third kappa shape index (κ3) is 2.54. The van der Waals surface area contributed by atoms with Gasteiger partial charge in [-0.25, -0.2) is 0 Å². The zero-order valence-electron chi connectivity index (χ0n) is 13.4. The van der Waals surface area contributed by atoms with Crippen LogP contribution in [0, 0.1) is 23.7 Å². The van der Waals surface area contributed by atoms with Crippen LogP contribution in [-0.2, 0) is 14.4 Å². The van der Waals surface area contributed by atoms with Gasteiger partial charge in [-0.15, -0.1) is 0 Å². The Morgan fingerprint density at radius 2 is 1.84 bits per heavy atom. The van der Waals surface area contributed by atoms with Gasteiger partial charge in [0.1, 0.15) is 6.04 Å². The standard InChI is InChI=1S/C18H16BrClN2O3/c1-8(16(23)21-11-4-5-12(19)13(20)7-11)22-17(24)14-9-2-3-10(6-9)15(14)18(22)25/h2-5,7-10,14-15H,6H2,1H3,(H,21,23). The Bertz CT molecular complexity index is 795. The van der Waals surface area contributed by atoms with Crippen LogP contribution in [0.1, 0.15) is 13.3 Å². The lowest BCUT2D eigenvalue weighted by Gasteiger charge is -2.23. The number of hydrogen-bond acceptors (Lipinski definition) is 3. The van der Waals surface area contributed by atoms with Crippen molar-refractivity contribution in [3.8, 4) is 0 Å². The molecule has 25 heavy (non-hydrogen) atoms. The number of hydrogen-bond donors (Lipinski definition) is 1. The van der Waals surface area contributed by atoms with E-state index in [1.54, 1.807) is 25.1 Å². The maximum Gasteiger partial charge on any atom is 0.247 e.